The summed E-state index contributed by atoms with van der Waals surface area (Å²) >= 11 is 3.60. The highest BCUT2D eigenvalue weighted by atomic mass is 127. The van der Waals surface area contributed by atoms with E-state index < -0.39 is 17.1 Å². The Morgan fingerprint density at radius 2 is 1.43 bits per heavy atom. The van der Waals surface area contributed by atoms with Gasteiger partial charge in [-0.15, -0.1) is 11.8 Å². The number of ether oxygens (including phenoxy) is 1. The van der Waals surface area contributed by atoms with Crippen LogP contribution in [0.2, 0.25) is 0 Å². The molecular weight excluding hydrogens is 709 g/mol. The van der Waals surface area contributed by atoms with Gasteiger partial charge >= 0.3 is 0 Å². The minimum atomic E-state index is -0.555. The van der Waals surface area contributed by atoms with Crippen LogP contribution in [0.5, 0.6) is 5.75 Å². The number of thioether (sulfide) groups is 1. The molecule has 230 valence electrons. The number of hydrogen-bond donors (Lipinski definition) is 3. The van der Waals surface area contributed by atoms with E-state index in [1.54, 1.807) is 67.8 Å². The van der Waals surface area contributed by atoms with Crippen molar-refractivity contribution in [2.75, 3.05) is 17.7 Å². The molecular formula is C37H30IN3O4S. The van der Waals surface area contributed by atoms with Crippen LogP contribution in [0.3, 0.4) is 0 Å². The Labute approximate surface area is 285 Å². The molecule has 0 radical (unpaired) electrons. The van der Waals surface area contributed by atoms with Crippen LogP contribution in [-0.4, -0.2) is 24.8 Å². The third-order valence-electron chi connectivity index (χ3n) is 6.73. The monoisotopic (exact) mass is 739 g/mol. The topological polar surface area (TPSA) is 96.5 Å². The first kappa shape index (κ1) is 32.5. The van der Waals surface area contributed by atoms with E-state index in [2.05, 4.69) is 38.5 Å². The third-order valence-corrected chi connectivity index (χ3v) is 8.70. The first-order valence-corrected chi connectivity index (χ1v) is 16.3. The van der Waals surface area contributed by atoms with Crippen molar-refractivity contribution < 1.29 is 19.1 Å². The maximum Gasteiger partial charge on any atom is 0.272 e. The van der Waals surface area contributed by atoms with Crippen LogP contribution in [0.25, 0.3) is 6.08 Å². The number of halogens is 1. The molecule has 0 fully saturated rings. The zero-order chi connectivity index (χ0) is 32.3. The quantitative estimate of drug-likeness (QED) is 0.0722. The molecule has 5 aromatic carbocycles. The second-order valence-corrected chi connectivity index (χ2v) is 12.5. The highest BCUT2D eigenvalue weighted by Gasteiger charge is 2.23. The molecule has 0 aliphatic rings. The molecule has 0 saturated carbocycles. The number of carbonyl (C=O) groups excluding carboxylic acids is 3. The lowest BCUT2D eigenvalue weighted by molar-refractivity contribution is -0.116. The second-order valence-electron chi connectivity index (χ2n) is 10.0. The average Bonchev–Trinajstić information content (AvgIpc) is 3.09. The second kappa shape index (κ2) is 15.9. The summed E-state index contributed by atoms with van der Waals surface area (Å²) in [7, 11) is 1.56. The van der Waals surface area contributed by atoms with Crippen LogP contribution in [0.4, 0.5) is 11.4 Å². The molecule has 0 aliphatic heterocycles. The van der Waals surface area contributed by atoms with E-state index in [0.717, 1.165) is 14.0 Å². The van der Waals surface area contributed by atoms with Crippen molar-refractivity contribution in [1.82, 2.24) is 5.32 Å². The van der Waals surface area contributed by atoms with Crippen molar-refractivity contribution in [3.63, 3.8) is 0 Å². The van der Waals surface area contributed by atoms with Crippen LogP contribution in [0.15, 0.2) is 144 Å². The highest BCUT2D eigenvalue weighted by molar-refractivity contribution is 14.1. The van der Waals surface area contributed by atoms with E-state index in [0.29, 0.717) is 28.3 Å². The summed E-state index contributed by atoms with van der Waals surface area (Å²) < 4.78 is 6.40. The van der Waals surface area contributed by atoms with Crippen molar-refractivity contribution >= 4 is 69.5 Å². The molecule has 0 heterocycles. The number of hydrogen-bond acceptors (Lipinski definition) is 5. The number of benzene rings is 5. The fourth-order valence-corrected chi connectivity index (χ4v) is 5.91. The summed E-state index contributed by atoms with van der Waals surface area (Å²) in [5, 5.41) is 8.14. The summed E-state index contributed by atoms with van der Waals surface area (Å²) in [6.07, 6.45) is 1.59. The molecule has 0 aliphatic carbocycles. The number of methoxy groups -OCH3 is 1. The molecule has 5 aromatic rings. The molecule has 46 heavy (non-hydrogen) atoms. The number of carbonyl (C=O) groups is 3. The summed E-state index contributed by atoms with van der Waals surface area (Å²) in [5.41, 5.74) is 3.20. The van der Waals surface area contributed by atoms with E-state index in [1.807, 2.05) is 78.9 Å². The van der Waals surface area contributed by atoms with Crippen LogP contribution >= 0.6 is 34.4 Å². The Hall–Kier alpha value is -4.87. The maximum absolute atomic E-state index is 13.6. The Morgan fingerprint density at radius 1 is 0.739 bits per heavy atom. The van der Waals surface area contributed by atoms with Gasteiger partial charge in [-0.1, -0.05) is 66.7 Å². The molecule has 0 saturated heterocycles. The van der Waals surface area contributed by atoms with Crippen molar-refractivity contribution in [3.8, 4) is 5.75 Å². The molecule has 0 spiro atoms. The van der Waals surface area contributed by atoms with E-state index >= 15 is 0 Å². The van der Waals surface area contributed by atoms with E-state index in [1.165, 1.54) is 11.8 Å². The van der Waals surface area contributed by atoms with Gasteiger partial charge in [0.1, 0.15) is 16.7 Å². The Balaban J connectivity index is 1.38. The van der Waals surface area contributed by atoms with Gasteiger partial charge in [0, 0.05) is 25.4 Å². The van der Waals surface area contributed by atoms with E-state index in [9.17, 15) is 14.4 Å². The summed E-state index contributed by atoms with van der Waals surface area (Å²) in [6, 6.07) is 40.3. The lowest BCUT2D eigenvalue weighted by atomic mass is 10.1. The van der Waals surface area contributed by atoms with E-state index in [-0.39, 0.29) is 11.6 Å². The van der Waals surface area contributed by atoms with Gasteiger partial charge < -0.3 is 20.7 Å². The number of amides is 3. The first-order valence-electron chi connectivity index (χ1n) is 14.3. The zero-order valence-electron chi connectivity index (χ0n) is 24.8. The van der Waals surface area contributed by atoms with Gasteiger partial charge in [0.15, 0.2) is 0 Å². The van der Waals surface area contributed by atoms with Gasteiger partial charge in [-0.05, 0) is 107 Å². The lowest BCUT2D eigenvalue weighted by Crippen LogP contribution is -2.30. The zero-order valence-corrected chi connectivity index (χ0v) is 27.7. The van der Waals surface area contributed by atoms with Gasteiger partial charge in [0.05, 0.1) is 7.11 Å². The highest BCUT2D eigenvalue weighted by Crippen LogP contribution is 2.37. The van der Waals surface area contributed by atoms with Gasteiger partial charge in [0.25, 0.3) is 11.8 Å². The molecule has 0 bridgehead atoms. The molecule has 9 heteroatoms. The maximum atomic E-state index is 13.6. The summed E-state index contributed by atoms with van der Waals surface area (Å²) in [6.45, 7) is 0. The Bertz CT molecular complexity index is 1850. The standard InChI is InChI=1S/C37H30IN3O4S/c1-45-31-16-8-10-25(22-31)23-33(41-35(42)27-13-6-3-7-14-27)36(43)40-30-15-9-17-32(24-30)46-34(26-11-4-2-5-12-26)37(44)39-29-20-18-28(38)19-21-29/h2-24,34H,1H3,(H,39,44)(H,40,43)(H,41,42)/b33-23-. The van der Waals surface area contributed by atoms with Crippen molar-refractivity contribution in [1.29, 1.82) is 0 Å². The Kier molecular flexibility index (Phi) is 11.3. The van der Waals surface area contributed by atoms with Crippen LogP contribution < -0.4 is 20.7 Å². The van der Waals surface area contributed by atoms with Gasteiger partial charge in [0.2, 0.25) is 5.91 Å². The van der Waals surface area contributed by atoms with Crippen molar-refractivity contribution in [2.45, 2.75) is 10.1 Å². The van der Waals surface area contributed by atoms with Crippen LogP contribution in [-0.2, 0) is 9.59 Å². The summed E-state index contributed by atoms with van der Waals surface area (Å²) in [5.74, 6) is -0.477. The molecule has 5 rings (SSSR count). The van der Waals surface area contributed by atoms with E-state index in [4.69, 9.17) is 4.74 Å². The average molecular weight is 740 g/mol. The fraction of sp³-hybridized carbons (Fsp3) is 0.0541. The third kappa shape index (κ3) is 9.09. The minimum absolute atomic E-state index is 0.0548. The number of nitrogens with one attached hydrogen (secondary N) is 3. The van der Waals surface area contributed by atoms with Crippen LogP contribution in [0, 0.1) is 3.57 Å². The largest absolute Gasteiger partial charge is 0.497 e. The molecule has 1 atom stereocenters. The first-order chi connectivity index (χ1) is 22.4. The predicted octanol–water partition coefficient (Wildman–Crippen LogP) is 8.18. The number of rotatable bonds is 11. The van der Waals surface area contributed by atoms with Gasteiger partial charge in [-0.3, -0.25) is 14.4 Å². The molecule has 3 N–H and O–H groups in total. The molecule has 0 aromatic heterocycles. The minimum Gasteiger partial charge on any atom is -0.497 e. The Morgan fingerprint density at radius 3 is 2.15 bits per heavy atom. The smallest absolute Gasteiger partial charge is 0.272 e. The molecule has 1 unspecified atom stereocenters. The predicted molar refractivity (Wildman–Crippen MR) is 193 cm³/mol. The van der Waals surface area contributed by atoms with Gasteiger partial charge in [-0.25, -0.2) is 0 Å². The van der Waals surface area contributed by atoms with Crippen molar-refractivity contribution in [3.05, 3.63) is 159 Å². The lowest BCUT2D eigenvalue weighted by Gasteiger charge is -2.18. The van der Waals surface area contributed by atoms with Gasteiger partial charge in [-0.2, -0.15) is 0 Å². The SMILES string of the molecule is COc1cccc(/C=C(\NC(=O)c2ccccc2)C(=O)Nc2cccc(SC(C(=O)Nc3ccc(I)cc3)c3ccccc3)c2)c1. The molecule has 7 nitrogen and oxygen atoms in total. The van der Waals surface area contributed by atoms with Crippen molar-refractivity contribution in [2.24, 2.45) is 0 Å². The fourth-order valence-electron chi connectivity index (χ4n) is 4.46. The molecule has 3 amide bonds. The van der Waals surface area contributed by atoms with Crippen LogP contribution in [0.1, 0.15) is 26.7 Å². The summed E-state index contributed by atoms with van der Waals surface area (Å²) in [4.78, 5) is 41.0. The number of anilines is 2. The normalized spacial score (nSPS) is 11.7.